The Kier molecular flexibility index (Phi) is 4.09. The third kappa shape index (κ3) is 3.16. The second kappa shape index (κ2) is 5.77. The molecule has 1 fully saturated rings. The van der Waals surface area contributed by atoms with Gasteiger partial charge in [-0.25, -0.2) is 4.98 Å². The first kappa shape index (κ1) is 12.8. The topological polar surface area (TPSA) is 87.1 Å². The lowest BCUT2D eigenvalue weighted by molar-refractivity contribution is 0.0863. The van der Waals surface area contributed by atoms with Gasteiger partial charge in [0, 0.05) is 13.1 Å². The Labute approximate surface area is 106 Å². The van der Waals surface area contributed by atoms with E-state index in [0.717, 1.165) is 25.7 Å². The monoisotopic (exact) mass is 250 g/mol. The van der Waals surface area contributed by atoms with Crippen LogP contribution in [0.1, 0.15) is 36.2 Å². The fraction of sp³-hybridized carbons (Fsp3) is 0.583. The van der Waals surface area contributed by atoms with Gasteiger partial charge in [-0.15, -0.1) is 0 Å². The predicted octanol–water partition coefficient (Wildman–Crippen LogP) is 0.552. The molecule has 1 amide bonds. The lowest BCUT2D eigenvalue weighted by atomic mass is 9.93. The van der Waals surface area contributed by atoms with E-state index in [9.17, 15) is 9.90 Å². The molecule has 0 spiro atoms. The fourth-order valence-corrected chi connectivity index (χ4v) is 2.08. The average Bonchev–Trinajstić information content (AvgIpc) is 2.41. The summed E-state index contributed by atoms with van der Waals surface area (Å²) in [7, 11) is 1.73. The Morgan fingerprint density at radius 3 is 2.72 bits per heavy atom. The molecule has 1 aliphatic carbocycles. The SMILES string of the molecule is CNc1cncc(C(=O)NC2CCC(O)CC2)n1. The number of aliphatic hydroxyl groups is 1. The molecule has 0 radical (unpaired) electrons. The second-order valence-corrected chi connectivity index (χ2v) is 4.52. The molecular formula is C12H18N4O2. The van der Waals surface area contributed by atoms with Crippen LogP contribution in [0.15, 0.2) is 12.4 Å². The number of nitrogens with zero attached hydrogens (tertiary/aromatic N) is 2. The molecule has 0 aromatic carbocycles. The predicted molar refractivity (Wildman–Crippen MR) is 67.3 cm³/mol. The summed E-state index contributed by atoms with van der Waals surface area (Å²) in [5.74, 6) is 0.364. The van der Waals surface area contributed by atoms with E-state index in [4.69, 9.17) is 0 Å². The summed E-state index contributed by atoms with van der Waals surface area (Å²) in [5.41, 5.74) is 0.313. The molecule has 1 aliphatic rings. The van der Waals surface area contributed by atoms with Crippen LogP contribution in [0, 0.1) is 0 Å². The van der Waals surface area contributed by atoms with E-state index in [0.29, 0.717) is 11.5 Å². The van der Waals surface area contributed by atoms with Crippen LogP contribution in [0.5, 0.6) is 0 Å². The first-order chi connectivity index (χ1) is 8.69. The van der Waals surface area contributed by atoms with E-state index in [1.165, 1.54) is 6.20 Å². The van der Waals surface area contributed by atoms with Crippen molar-refractivity contribution in [3.8, 4) is 0 Å². The Bertz CT molecular complexity index is 416. The van der Waals surface area contributed by atoms with Crippen molar-refractivity contribution in [2.24, 2.45) is 0 Å². The van der Waals surface area contributed by atoms with Crippen molar-refractivity contribution in [3.63, 3.8) is 0 Å². The summed E-state index contributed by atoms with van der Waals surface area (Å²) in [6.45, 7) is 0. The van der Waals surface area contributed by atoms with Crippen molar-refractivity contribution in [3.05, 3.63) is 18.1 Å². The van der Waals surface area contributed by atoms with Crippen LogP contribution in [-0.2, 0) is 0 Å². The van der Waals surface area contributed by atoms with Gasteiger partial charge >= 0.3 is 0 Å². The van der Waals surface area contributed by atoms with Crippen LogP contribution in [0.2, 0.25) is 0 Å². The van der Waals surface area contributed by atoms with Gasteiger partial charge in [-0.3, -0.25) is 9.78 Å². The minimum absolute atomic E-state index is 0.126. The van der Waals surface area contributed by atoms with Gasteiger partial charge < -0.3 is 15.7 Å². The van der Waals surface area contributed by atoms with E-state index in [2.05, 4.69) is 20.6 Å². The van der Waals surface area contributed by atoms with Gasteiger partial charge in [-0.1, -0.05) is 0 Å². The molecule has 6 nitrogen and oxygen atoms in total. The molecule has 3 N–H and O–H groups in total. The molecule has 1 aromatic heterocycles. The molecule has 98 valence electrons. The van der Waals surface area contributed by atoms with Crippen LogP contribution in [0.3, 0.4) is 0 Å². The Morgan fingerprint density at radius 2 is 2.06 bits per heavy atom. The maximum atomic E-state index is 12.0. The summed E-state index contributed by atoms with van der Waals surface area (Å²) in [6, 6.07) is 0.126. The molecule has 1 saturated carbocycles. The normalized spacial score (nSPS) is 23.4. The molecule has 1 heterocycles. The Morgan fingerprint density at radius 1 is 1.33 bits per heavy atom. The van der Waals surface area contributed by atoms with Crippen molar-refractivity contribution in [1.29, 1.82) is 0 Å². The zero-order valence-electron chi connectivity index (χ0n) is 10.4. The van der Waals surface area contributed by atoms with Gasteiger partial charge in [0.25, 0.3) is 5.91 Å². The standard InChI is InChI=1S/C12H18N4O2/c1-13-11-7-14-6-10(16-11)12(18)15-8-2-4-9(17)5-3-8/h6-9,17H,2-5H2,1H3,(H,13,16)(H,15,18). The number of carbonyl (C=O) groups excluding carboxylic acids is 1. The summed E-state index contributed by atoms with van der Waals surface area (Å²) < 4.78 is 0. The Balaban J connectivity index is 1.94. The minimum Gasteiger partial charge on any atom is -0.393 e. The van der Waals surface area contributed by atoms with Crippen molar-refractivity contribution in [2.75, 3.05) is 12.4 Å². The van der Waals surface area contributed by atoms with Gasteiger partial charge in [0.2, 0.25) is 0 Å². The van der Waals surface area contributed by atoms with E-state index in [1.54, 1.807) is 13.2 Å². The number of anilines is 1. The van der Waals surface area contributed by atoms with Crippen molar-refractivity contribution < 1.29 is 9.90 Å². The zero-order chi connectivity index (χ0) is 13.0. The van der Waals surface area contributed by atoms with E-state index < -0.39 is 0 Å². The highest BCUT2D eigenvalue weighted by Gasteiger charge is 2.21. The third-order valence-electron chi connectivity index (χ3n) is 3.16. The van der Waals surface area contributed by atoms with Gasteiger partial charge in [0.1, 0.15) is 11.5 Å². The first-order valence-electron chi connectivity index (χ1n) is 6.17. The molecule has 0 saturated heterocycles. The summed E-state index contributed by atoms with van der Waals surface area (Å²) in [5, 5.41) is 15.2. The highest BCUT2D eigenvalue weighted by Crippen LogP contribution is 2.18. The number of amides is 1. The number of hydrogen-bond acceptors (Lipinski definition) is 5. The van der Waals surface area contributed by atoms with E-state index in [1.807, 2.05) is 0 Å². The largest absolute Gasteiger partial charge is 0.393 e. The molecule has 0 unspecified atom stereocenters. The molecule has 6 heteroatoms. The lowest BCUT2D eigenvalue weighted by Gasteiger charge is -2.25. The maximum absolute atomic E-state index is 12.0. The molecule has 1 aromatic rings. The van der Waals surface area contributed by atoms with Crippen molar-refractivity contribution in [1.82, 2.24) is 15.3 Å². The zero-order valence-corrected chi connectivity index (χ0v) is 10.4. The molecular weight excluding hydrogens is 232 g/mol. The minimum atomic E-state index is -0.217. The highest BCUT2D eigenvalue weighted by atomic mass is 16.3. The molecule has 0 bridgehead atoms. The number of hydrogen-bond donors (Lipinski definition) is 3. The smallest absolute Gasteiger partial charge is 0.271 e. The quantitative estimate of drug-likeness (QED) is 0.729. The molecule has 2 rings (SSSR count). The Hall–Kier alpha value is -1.69. The summed E-state index contributed by atoms with van der Waals surface area (Å²) >= 11 is 0. The van der Waals surface area contributed by atoms with Gasteiger partial charge in [-0.05, 0) is 25.7 Å². The number of aromatic nitrogens is 2. The second-order valence-electron chi connectivity index (χ2n) is 4.52. The van der Waals surface area contributed by atoms with Gasteiger partial charge in [0.05, 0.1) is 18.5 Å². The maximum Gasteiger partial charge on any atom is 0.271 e. The summed E-state index contributed by atoms with van der Waals surface area (Å²) in [6.07, 6.45) is 5.91. The van der Waals surface area contributed by atoms with Gasteiger partial charge in [-0.2, -0.15) is 0 Å². The fourth-order valence-electron chi connectivity index (χ4n) is 2.08. The molecule has 0 atom stereocenters. The van der Waals surface area contributed by atoms with Gasteiger partial charge in [0.15, 0.2) is 0 Å². The van der Waals surface area contributed by atoms with E-state index in [-0.39, 0.29) is 18.1 Å². The summed E-state index contributed by atoms with van der Waals surface area (Å²) in [4.78, 5) is 20.1. The van der Waals surface area contributed by atoms with Crippen LogP contribution in [0.4, 0.5) is 5.82 Å². The van der Waals surface area contributed by atoms with Crippen LogP contribution in [-0.4, -0.2) is 40.2 Å². The van der Waals surface area contributed by atoms with Crippen LogP contribution in [0.25, 0.3) is 0 Å². The van der Waals surface area contributed by atoms with Crippen molar-refractivity contribution >= 4 is 11.7 Å². The number of rotatable bonds is 3. The number of carbonyl (C=O) groups is 1. The van der Waals surface area contributed by atoms with Crippen LogP contribution >= 0.6 is 0 Å². The van der Waals surface area contributed by atoms with E-state index >= 15 is 0 Å². The van der Waals surface area contributed by atoms with Crippen molar-refractivity contribution in [2.45, 2.75) is 37.8 Å². The number of nitrogens with one attached hydrogen (secondary N) is 2. The third-order valence-corrected chi connectivity index (χ3v) is 3.16. The average molecular weight is 250 g/mol. The lowest BCUT2D eigenvalue weighted by Crippen LogP contribution is -2.39. The molecule has 0 aliphatic heterocycles. The molecule has 18 heavy (non-hydrogen) atoms. The first-order valence-corrected chi connectivity index (χ1v) is 6.17. The number of aliphatic hydroxyl groups excluding tert-OH is 1. The van der Waals surface area contributed by atoms with Crippen LogP contribution < -0.4 is 10.6 Å². The highest BCUT2D eigenvalue weighted by molar-refractivity contribution is 5.92.